The van der Waals surface area contributed by atoms with E-state index in [1.807, 2.05) is 0 Å². The van der Waals surface area contributed by atoms with Gasteiger partial charge in [0.2, 0.25) is 0 Å². The zero-order valence-electron chi connectivity index (χ0n) is 9.40. The van der Waals surface area contributed by atoms with Gasteiger partial charge in [-0.25, -0.2) is 9.97 Å². The molecule has 0 radical (unpaired) electrons. The lowest BCUT2D eigenvalue weighted by Crippen LogP contribution is -2.19. The van der Waals surface area contributed by atoms with Crippen LogP contribution in [0, 0.1) is 0 Å². The zero-order chi connectivity index (χ0) is 12.7. The molecule has 2 aromatic heterocycles. The van der Waals surface area contributed by atoms with E-state index < -0.39 is 12.3 Å². The third-order valence-electron chi connectivity index (χ3n) is 3.10. The van der Waals surface area contributed by atoms with E-state index in [-0.39, 0.29) is 12.7 Å². The number of nitrogens with zero attached hydrogens (tertiary/aromatic N) is 3. The number of hydrogen-bond acceptors (Lipinski definition) is 5. The Labute approximate surface area is 108 Å². The standard InChI is InChI=1S/C11H12ClN3O3/c12-9-7-1-2-15(10(7)14-5-13-9)11-8(17)3-6(4-16)18-11/h1-2,5-6,8,11,16-17H,3-4H2/t6-,8?,11?/m0/s1. The minimum absolute atomic E-state index is 0.109. The van der Waals surface area contributed by atoms with Crippen molar-refractivity contribution in [3.63, 3.8) is 0 Å². The first kappa shape index (κ1) is 11.9. The molecule has 3 atom stereocenters. The number of rotatable bonds is 2. The molecule has 2 N–H and O–H groups in total. The van der Waals surface area contributed by atoms with Crippen molar-refractivity contribution in [2.75, 3.05) is 6.61 Å². The van der Waals surface area contributed by atoms with Crippen LogP contribution >= 0.6 is 11.6 Å². The summed E-state index contributed by atoms with van der Waals surface area (Å²) in [7, 11) is 0. The van der Waals surface area contributed by atoms with Crippen molar-refractivity contribution in [1.29, 1.82) is 0 Å². The minimum atomic E-state index is -0.675. The average Bonchev–Trinajstić information content (AvgIpc) is 2.93. The van der Waals surface area contributed by atoms with Gasteiger partial charge in [-0.3, -0.25) is 0 Å². The number of aliphatic hydroxyl groups excluding tert-OH is 2. The molecule has 7 heteroatoms. The Bertz CT molecular complexity index is 574. The van der Waals surface area contributed by atoms with Gasteiger partial charge in [0.15, 0.2) is 6.23 Å². The minimum Gasteiger partial charge on any atom is -0.394 e. The molecule has 3 heterocycles. The van der Waals surface area contributed by atoms with Crippen LogP contribution in [-0.2, 0) is 4.74 Å². The largest absolute Gasteiger partial charge is 0.394 e. The summed E-state index contributed by atoms with van der Waals surface area (Å²) in [5.74, 6) is 0. The zero-order valence-corrected chi connectivity index (χ0v) is 10.2. The van der Waals surface area contributed by atoms with E-state index in [0.29, 0.717) is 22.6 Å². The fourth-order valence-corrected chi connectivity index (χ4v) is 2.43. The van der Waals surface area contributed by atoms with E-state index in [2.05, 4.69) is 9.97 Å². The molecule has 18 heavy (non-hydrogen) atoms. The Morgan fingerprint density at radius 1 is 1.50 bits per heavy atom. The van der Waals surface area contributed by atoms with Crippen molar-refractivity contribution in [2.45, 2.75) is 24.9 Å². The molecular weight excluding hydrogens is 258 g/mol. The Morgan fingerprint density at radius 3 is 3.06 bits per heavy atom. The van der Waals surface area contributed by atoms with E-state index in [1.54, 1.807) is 16.8 Å². The third kappa shape index (κ3) is 1.78. The van der Waals surface area contributed by atoms with Crippen molar-refractivity contribution >= 4 is 22.6 Å². The second-order valence-corrected chi connectivity index (χ2v) is 4.62. The molecule has 2 aromatic rings. The molecule has 6 nitrogen and oxygen atoms in total. The van der Waals surface area contributed by atoms with Crippen molar-refractivity contribution in [2.24, 2.45) is 0 Å². The van der Waals surface area contributed by atoms with Gasteiger partial charge >= 0.3 is 0 Å². The Morgan fingerprint density at radius 2 is 2.33 bits per heavy atom. The molecule has 2 unspecified atom stereocenters. The van der Waals surface area contributed by atoms with Gasteiger partial charge in [-0.2, -0.15) is 0 Å². The van der Waals surface area contributed by atoms with E-state index >= 15 is 0 Å². The van der Waals surface area contributed by atoms with Crippen LogP contribution in [-0.4, -0.2) is 43.6 Å². The summed E-state index contributed by atoms with van der Waals surface area (Å²) in [6, 6.07) is 1.78. The second-order valence-electron chi connectivity index (χ2n) is 4.26. The highest BCUT2D eigenvalue weighted by Crippen LogP contribution is 2.32. The van der Waals surface area contributed by atoms with Crippen LogP contribution in [0.3, 0.4) is 0 Å². The Hall–Kier alpha value is -1.21. The quantitative estimate of drug-likeness (QED) is 0.786. The topological polar surface area (TPSA) is 80.4 Å². The van der Waals surface area contributed by atoms with Gasteiger partial charge in [-0.1, -0.05) is 11.6 Å². The lowest BCUT2D eigenvalue weighted by Gasteiger charge is -2.17. The average molecular weight is 270 g/mol. The number of ether oxygens (including phenoxy) is 1. The third-order valence-corrected chi connectivity index (χ3v) is 3.41. The maximum atomic E-state index is 9.96. The fraction of sp³-hybridized carbons (Fsp3) is 0.455. The van der Waals surface area contributed by atoms with Gasteiger partial charge in [0.25, 0.3) is 0 Å². The molecule has 0 spiro atoms. The predicted molar refractivity (Wildman–Crippen MR) is 64.2 cm³/mol. The van der Waals surface area contributed by atoms with Crippen LogP contribution in [0.5, 0.6) is 0 Å². The van der Waals surface area contributed by atoms with Gasteiger partial charge in [0, 0.05) is 12.6 Å². The fourth-order valence-electron chi connectivity index (χ4n) is 2.24. The highest BCUT2D eigenvalue weighted by atomic mass is 35.5. The number of fused-ring (bicyclic) bond motifs is 1. The summed E-state index contributed by atoms with van der Waals surface area (Å²) in [5, 5.41) is 20.1. The Kier molecular flexibility index (Phi) is 2.95. The summed E-state index contributed by atoms with van der Waals surface area (Å²) in [6.07, 6.45) is 1.95. The van der Waals surface area contributed by atoms with Gasteiger partial charge in [0.1, 0.15) is 23.2 Å². The molecule has 0 aliphatic carbocycles. The maximum absolute atomic E-state index is 9.96. The Balaban J connectivity index is 2.02. The summed E-state index contributed by atoms with van der Waals surface area (Å²) < 4.78 is 7.29. The van der Waals surface area contributed by atoms with Crippen molar-refractivity contribution in [1.82, 2.24) is 14.5 Å². The maximum Gasteiger partial charge on any atom is 0.161 e. The van der Waals surface area contributed by atoms with Crippen molar-refractivity contribution < 1.29 is 14.9 Å². The number of aromatic nitrogens is 3. The molecule has 96 valence electrons. The number of hydrogen-bond donors (Lipinski definition) is 2. The first-order valence-electron chi connectivity index (χ1n) is 5.62. The molecule has 0 bridgehead atoms. The lowest BCUT2D eigenvalue weighted by atomic mass is 10.2. The summed E-state index contributed by atoms with van der Waals surface area (Å²) in [6.45, 7) is -0.109. The predicted octanol–water partition coefficient (Wildman–Crippen LogP) is 0.725. The molecule has 1 aliphatic heterocycles. The number of aliphatic hydroxyl groups is 2. The van der Waals surface area contributed by atoms with Crippen LogP contribution < -0.4 is 0 Å². The van der Waals surface area contributed by atoms with Crippen LogP contribution in [0.1, 0.15) is 12.6 Å². The smallest absolute Gasteiger partial charge is 0.161 e. The van der Waals surface area contributed by atoms with E-state index in [0.717, 1.165) is 0 Å². The van der Waals surface area contributed by atoms with Gasteiger partial charge in [-0.15, -0.1) is 0 Å². The highest BCUT2D eigenvalue weighted by Gasteiger charge is 2.35. The van der Waals surface area contributed by atoms with Gasteiger partial charge in [-0.05, 0) is 6.07 Å². The lowest BCUT2D eigenvalue weighted by molar-refractivity contribution is -0.0484. The van der Waals surface area contributed by atoms with Crippen molar-refractivity contribution in [3.05, 3.63) is 23.7 Å². The number of halogens is 1. The van der Waals surface area contributed by atoms with Crippen LogP contribution in [0.15, 0.2) is 18.6 Å². The van der Waals surface area contributed by atoms with Crippen LogP contribution in [0.25, 0.3) is 11.0 Å². The van der Waals surface area contributed by atoms with E-state index in [4.69, 9.17) is 21.4 Å². The first-order valence-corrected chi connectivity index (χ1v) is 6.00. The second kappa shape index (κ2) is 4.47. The molecule has 3 rings (SSSR count). The first-order chi connectivity index (χ1) is 8.70. The van der Waals surface area contributed by atoms with E-state index in [1.165, 1.54) is 6.33 Å². The summed E-state index contributed by atoms with van der Waals surface area (Å²) >= 11 is 5.96. The molecular formula is C11H12ClN3O3. The molecule has 1 saturated heterocycles. The molecule has 0 aromatic carbocycles. The normalized spacial score (nSPS) is 28.1. The monoisotopic (exact) mass is 269 g/mol. The van der Waals surface area contributed by atoms with Gasteiger partial charge in [0.05, 0.1) is 18.1 Å². The highest BCUT2D eigenvalue weighted by molar-refractivity contribution is 6.33. The summed E-state index contributed by atoms with van der Waals surface area (Å²) in [4.78, 5) is 8.04. The molecule has 0 amide bonds. The SMILES string of the molecule is OC[C@@H]1CC(O)C(n2ccc3c(Cl)ncnc32)O1. The van der Waals surface area contributed by atoms with Crippen molar-refractivity contribution in [3.8, 4) is 0 Å². The summed E-state index contributed by atoms with van der Waals surface area (Å²) in [5.41, 5.74) is 0.609. The molecule has 0 saturated carbocycles. The van der Waals surface area contributed by atoms with E-state index in [9.17, 15) is 5.11 Å². The molecule has 1 fully saturated rings. The van der Waals surface area contributed by atoms with Gasteiger partial charge < -0.3 is 19.5 Å². The van der Waals surface area contributed by atoms with Crippen LogP contribution in [0.2, 0.25) is 5.15 Å². The van der Waals surface area contributed by atoms with Crippen LogP contribution in [0.4, 0.5) is 0 Å². The molecule has 1 aliphatic rings.